The van der Waals surface area contributed by atoms with Crippen LogP contribution >= 0.6 is 11.8 Å². The first-order valence-electron chi connectivity index (χ1n) is 8.23. The number of nitrogens with zero attached hydrogens (tertiary/aromatic N) is 1. The van der Waals surface area contributed by atoms with Crippen LogP contribution in [0.4, 0.5) is 0 Å². The highest BCUT2D eigenvalue weighted by atomic mass is 32.2. The Labute approximate surface area is 156 Å². The first kappa shape index (κ1) is 18.1. The Morgan fingerprint density at radius 2 is 1.69 bits per heavy atom. The number of hydrogen-bond donors (Lipinski definition) is 1. The van der Waals surface area contributed by atoms with E-state index in [0.717, 1.165) is 28.2 Å². The van der Waals surface area contributed by atoms with E-state index in [1.54, 1.807) is 6.08 Å². The number of nitrogens with two attached hydrogens (primary N) is 1. The van der Waals surface area contributed by atoms with Crippen molar-refractivity contribution in [3.8, 4) is 11.5 Å². The minimum Gasteiger partial charge on any atom is -0.490 e. The summed E-state index contributed by atoms with van der Waals surface area (Å²) >= 11 is 1.18. The number of hydrogen-bond acceptors (Lipinski definition) is 5. The molecule has 0 saturated carbocycles. The van der Waals surface area contributed by atoms with Crippen LogP contribution in [-0.4, -0.2) is 24.3 Å². The van der Waals surface area contributed by atoms with Crippen LogP contribution in [0.2, 0.25) is 0 Å². The fourth-order valence-corrected chi connectivity index (χ4v) is 3.25. The molecule has 1 heterocycles. The minimum absolute atomic E-state index is 0.282. The summed E-state index contributed by atoms with van der Waals surface area (Å²) in [5, 5.41) is 0.282. The molecular weight excluding hydrogens is 348 g/mol. The fraction of sp³-hybridized carbons (Fsp3) is 0.200. The number of thioether (sulfide) groups is 1. The molecule has 0 aromatic heterocycles. The summed E-state index contributed by atoms with van der Waals surface area (Å²) in [5.41, 5.74) is 8.67. The smallest absolute Gasteiger partial charge is 0.286 e. The van der Waals surface area contributed by atoms with Gasteiger partial charge in [-0.05, 0) is 60.5 Å². The highest BCUT2D eigenvalue weighted by Gasteiger charge is 2.19. The van der Waals surface area contributed by atoms with Crippen LogP contribution in [0.15, 0.2) is 52.4 Å². The Bertz CT molecular complexity index is 853. The third-order valence-electron chi connectivity index (χ3n) is 3.82. The van der Waals surface area contributed by atoms with Gasteiger partial charge in [-0.15, -0.1) is 0 Å². The summed E-state index contributed by atoms with van der Waals surface area (Å²) in [5.74, 6) is 1.37. The molecule has 0 atom stereocenters. The predicted octanol–water partition coefficient (Wildman–Crippen LogP) is 3.69. The van der Waals surface area contributed by atoms with Crippen molar-refractivity contribution in [2.45, 2.75) is 13.8 Å². The molecule has 2 aromatic rings. The summed E-state index contributed by atoms with van der Waals surface area (Å²) in [4.78, 5) is 15.8. The first-order valence-corrected chi connectivity index (χ1v) is 9.04. The quantitative estimate of drug-likeness (QED) is 0.622. The molecule has 5 nitrogen and oxygen atoms in total. The van der Waals surface area contributed by atoms with Crippen molar-refractivity contribution in [1.82, 2.24) is 0 Å². The summed E-state index contributed by atoms with van der Waals surface area (Å²) in [7, 11) is 0. The molecule has 0 aliphatic carbocycles. The molecular formula is C20H20N2O3S. The Morgan fingerprint density at radius 1 is 1.04 bits per heavy atom. The van der Waals surface area contributed by atoms with Crippen LogP contribution in [0.5, 0.6) is 11.5 Å². The van der Waals surface area contributed by atoms with Gasteiger partial charge in [0.2, 0.25) is 0 Å². The van der Waals surface area contributed by atoms with E-state index in [4.69, 9.17) is 15.2 Å². The monoisotopic (exact) mass is 368 g/mol. The average Bonchev–Trinajstić information content (AvgIpc) is 2.92. The van der Waals surface area contributed by atoms with E-state index in [1.807, 2.05) is 56.3 Å². The number of aliphatic imine (C=N–C) groups is 1. The van der Waals surface area contributed by atoms with E-state index in [1.165, 1.54) is 11.8 Å². The highest BCUT2D eigenvalue weighted by Crippen LogP contribution is 2.27. The lowest BCUT2D eigenvalue weighted by atomic mass is 10.1. The van der Waals surface area contributed by atoms with Crippen LogP contribution < -0.4 is 15.2 Å². The van der Waals surface area contributed by atoms with E-state index in [9.17, 15) is 4.79 Å². The van der Waals surface area contributed by atoms with E-state index < -0.39 is 0 Å². The molecule has 134 valence electrons. The van der Waals surface area contributed by atoms with Gasteiger partial charge in [0.05, 0.1) is 4.91 Å². The maximum absolute atomic E-state index is 11.6. The van der Waals surface area contributed by atoms with Gasteiger partial charge in [-0.3, -0.25) is 4.79 Å². The van der Waals surface area contributed by atoms with Crippen LogP contribution in [0, 0.1) is 13.8 Å². The number of amidine groups is 1. The molecule has 0 fully saturated rings. The minimum atomic E-state index is -0.295. The van der Waals surface area contributed by atoms with Crippen molar-refractivity contribution in [2.24, 2.45) is 10.7 Å². The van der Waals surface area contributed by atoms with Crippen molar-refractivity contribution in [3.63, 3.8) is 0 Å². The maximum atomic E-state index is 11.6. The molecule has 2 aromatic carbocycles. The van der Waals surface area contributed by atoms with E-state index in [2.05, 4.69) is 4.99 Å². The van der Waals surface area contributed by atoms with Gasteiger partial charge in [0.1, 0.15) is 24.7 Å². The number of amides is 1. The molecule has 26 heavy (non-hydrogen) atoms. The molecule has 0 unspecified atom stereocenters. The van der Waals surface area contributed by atoms with Gasteiger partial charge in [0, 0.05) is 0 Å². The van der Waals surface area contributed by atoms with Crippen molar-refractivity contribution in [2.75, 3.05) is 13.2 Å². The first-order chi connectivity index (χ1) is 12.5. The number of aryl methyl sites for hydroxylation is 2. The number of rotatable bonds is 6. The summed E-state index contributed by atoms with van der Waals surface area (Å²) in [6.45, 7) is 4.98. The molecule has 0 radical (unpaired) electrons. The lowest BCUT2D eigenvalue weighted by Gasteiger charge is -2.12. The predicted molar refractivity (Wildman–Crippen MR) is 106 cm³/mol. The number of benzene rings is 2. The SMILES string of the molecule is Cc1cccc(C)c1OCCOc1ccc(/C=C2\SC(N)=NC2=O)cc1. The lowest BCUT2D eigenvalue weighted by molar-refractivity contribution is -0.113. The van der Waals surface area contributed by atoms with Gasteiger partial charge in [-0.25, -0.2) is 0 Å². The molecule has 0 bridgehead atoms. The fourth-order valence-electron chi connectivity index (χ4n) is 2.57. The average molecular weight is 368 g/mol. The zero-order chi connectivity index (χ0) is 18.5. The standard InChI is InChI=1S/C20H20N2O3S/c1-13-4-3-5-14(2)18(13)25-11-10-24-16-8-6-15(7-9-16)12-17-19(23)22-20(21)26-17/h3-9,12H,10-11H2,1-2H3,(H2,21,22,23)/b17-12-. The molecule has 6 heteroatoms. The maximum Gasteiger partial charge on any atom is 0.286 e. The largest absolute Gasteiger partial charge is 0.490 e. The topological polar surface area (TPSA) is 73.9 Å². The molecule has 2 N–H and O–H groups in total. The molecule has 1 amide bonds. The van der Waals surface area contributed by atoms with Gasteiger partial charge in [0.25, 0.3) is 5.91 Å². The zero-order valence-electron chi connectivity index (χ0n) is 14.7. The van der Waals surface area contributed by atoms with Crippen LogP contribution in [0.1, 0.15) is 16.7 Å². The summed E-state index contributed by atoms with van der Waals surface area (Å²) in [6.07, 6.45) is 1.77. The Kier molecular flexibility index (Phi) is 5.63. The van der Waals surface area contributed by atoms with Gasteiger partial charge in [-0.2, -0.15) is 4.99 Å². The van der Waals surface area contributed by atoms with Crippen LogP contribution in [0.25, 0.3) is 6.08 Å². The number of carbonyl (C=O) groups is 1. The van der Waals surface area contributed by atoms with Gasteiger partial charge < -0.3 is 15.2 Å². The second kappa shape index (κ2) is 8.10. The third kappa shape index (κ3) is 4.46. The second-order valence-corrected chi connectivity index (χ2v) is 6.91. The van der Waals surface area contributed by atoms with Crippen molar-refractivity contribution >= 4 is 28.9 Å². The number of para-hydroxylation sites is 1. The van der Waals surface area contributed by atoms with Crippen LogP contribution in [0.3, 0.4) is 0 Å². The lowest BCUT2D eigenvalue weighted by Crippen LogP contribution is -2.10. The molecule has 0 saturated heterocycles. The van der Waals surface area contributed by atoms with Crippen molar-refractivity contribution in [1.29, 1.82) is 0 Å². The summed E-state index contributed by atoms with van der Waals surface area (Å²) in [6, 6.07) is 13.6. The Hall–Kier alpha value is -2.73. The van der Waals surface area contributed by atoms with Gasteiger partial charge in [0.15, 0.2) is 5.17 Å². The third-order valence-corrected chi connectivity index (χ3v) is 4.63. The molecule has 1 aliphatic heterocycles. The van der Waals surface area contributed by atoms with Crippen LogP contribution in [-0.2, 0) is 4.79 Å². The number of ether oxygens (including phenoxy) is 2. The summed E-state index contributed by atoms with van der Waals surface area (Å²) < 4.78 is 11.5. The van der Waals surface area contributed by atoms with Crippen molar-refractivity contribution < 1.29 is 14.3 Å². The Balaban J connectivity index is 1.51. The van der Waals surface area contributed by atoms with E-state index in [-0.39, 0.29) is 11.1 Å². The molecule has 3 rings (SSSR count). The highest BCUT2D eigenvalue weighted by molar-refractivity contribution is 8.18. The van der Waals surface area contributed by atoms with E-state index >= 15 is 0 Å². The van der Waals surface area contributed by atoms with Gasteiger partial charge >= 0.3 is 0 Å². The van der Waals surface area contributed by atoms with E-state index in [0.29, 0.717) is 18.1 Å². The normalized spacial score (nSPS) is 15.2. The Morgan fingerprint density at radius 3 is 2.31 bits per heavy atom. The van der Waals surface area contributed by atoms with Gasteiger partial charge in [-0.1, -0.05) is 30.3 Å². The van der Waals surface area contributed by atoms with Crippen molar-refractivity contribution in [3.05, 3.63) is 64.1 Å². The zero-order valence-corrected chi connectivity index (χ0v) is 15.5. The molecule has 1 aliphatic rings. The number of carbonyl (C=O) groups excluding carboxylic acids is 1. The molecule has 0 spiro atoms. The second-order valence-electron chi connectivity index (χ2n) is 5.85.